The van der Waals surface area contributed by atoms with Crippen molar-refractivity contribution in [3.05, 3.63) is 107 Å². The van der Waals surface area contributed by atoms with Crippen molar-refractivity contribution in [2.24, 2.45) is 5.73 Å². The summed E-state index contributed by atoms with van der Waals surface area (Å²) in [6.45, 7) is 0.348. The SMILES string of the molecule is CO[NH3+].NC1=C(NCc2ccc(-c3ccc(F)cc3)cc2)C(=O)c2ccccc2C1=O. The fourth-order valence-electron chi connectivity index (χ4n) is 3.22. The lowest BCUT2D eigenvalue weighted by Gasteiger charge is -2.19. The van der Waals surface area contributed by atoms with Crippen molar-refractivity contribution >= 4 is 11.6 Å². The molecule has 0 spiro atoms. The van der Waals surface area contributed by atoms with Crippen LogP contribution in [0.3, 0.4) is 0 Å². The van der Waals surface area contributed by atoms with Gasteiger partial charge < -0.3 is 11.1 Å². The molecule has 158 valence electrons. The molecule has 0 unspecified atom stereocenters. The number of carbonyl (C=O) groups is 2. The van der Waals surface area contributed by atoms with E-state index in [0.29, 0.717) is 17.7 Å². The number of rotatable bonds is 4. The first-order chi connectivity index (χ1) is 15.0. The van der Waals surface area contributed by atoms with Gasteiger partial charge >= 0.3 is 0 Å². The molecule has 0 aliphatic heterocycles. The molecular weight excluding hydrogens is 397 g/mol. The van der Waals surface area contributed by atoms with Crippen molar-refractivity contribution in [2.75, 3.05) is 7.11 Å². The first-order valence-electron chi connectivity index (χ1n) is 9.51. The summed E-state index contributed by atoms with van der Waals surface area (Å²) in [5.41, 5.74) is 9.47. The van der Waals surface area contributed by atoms with Crippen LogP contribution in [0.1, 0.15) is 26.3 Å². The molecule has 3 aromatic carbocycles. The molecule has 1 aliphatic carbocycles. The van der Waals surface area contributed by atoms with Gasteiger partial charge in [0.15, 0.2) is 0 Å². The molecule has 0 aromatic heterocycles. The smallest absolute Gasteiger partial charge is 0.211 e. The van der Waals surface area contributed by atoms with Gasteiger partial charge in [-0.25, -0.2) is 15.1 Å². The molecule has 0 radical (unpaired) electrons. The van der Waals surface area contributed by atoms with Crippen molar-refractivity contribution in [3.63, 3.8) is 0 Å². The van der Waals surface area contributed by atoms with Crippen LogP contribution in [-0.2, 0) is 11.4 Å². The fourth-order valence-corrected chi connectivity index (χ4v) is 3.22. The van der Waals surface area contributed by atoms with Gasteiger partial charge in [0.2, 0.25) is 11.6 Å². The van der Waals surface area contributed by atoms with Crippen LogP contribution in [0, 0.1) is 5.82 Å². The van der Waals surface area contributed by atoms with Crippen LogP contribution in [0.5, 0.6) is 0 Å². The Morgan fingerprint density at radius 2 is 1.35 bits per heavy atom. The monoisotopic (exact) mass is 420 g/mol. The van der Waals surface area contributed by atoms with Gasteiger partial charge in [-0.3, -0.25) is 9.59 Å². The molecule has 4 rings (SSSR count). The summed E-state index contributed by atoms with van der Waals surface area (Å²) in [5.74, 6) is 2.09. The van der Waals surface area contributed by atoms with E-state index in [0.717, 1.165) is 16.7 Å². The van der Waals surface area contributed by atoms with Crippen molar-refractivity contribution in [1.82, 2.24) is 5.32 Å². The molecule has 7 heteroatoms. The van der Waals surface area contributed by atoms with Crippen molar-refractivity contribution in [2.45, 2.75) is 6.54 Å². The zero-order valence-corrected chi connectivity index (χ0v) is 17.0. The summed E-state index contributed by atoms with van der Waals surface area (Å²) in [7, 11) is 1.51. The number of nitrogens with one attached hydrogen (secondary N) is 1. The predicted molar refractivity (Wildman–Crippen MR) is 115 cm³/mol. The Balaban J connectivity index is 0.000000858. The molecule has 0 heterocycles. The third kappa shape index (κ3) is 4.85. The van der Waals surface area contributed by atoms with Gasteiger partial charge in [-0.1, -0.05) is 60.7 Å². The van der Waals surface area contributed by atoms with Gasteiger partial charge in [0.25, 0.3) is 0 Å². The number of quaternary nitrogens is 1. The first-order valence-corrected chi connectivity index (χ1v) is 9.51. The summed E-state index contributed by atoms with van der Waals surface area (Å²) in [4.78, 5) is 29.1. The lowest BCUT2D eigenvalue weighted by Crippen LogP contribution is -2.46. The summed E-state index contributed by atoms with van der Waals surface area (Å²) in [6, 6.07) is 20.6. The second-order valence-corrected chi connectivity index (χ2v) is 6.84. The van der Waals surface area contributed by atoms with Crippen LogP contribution < -0.4 is 16.9 Å². The third-order valence-corrected chi connectivity index (χ3v) is 4.76. The van der Waals surface area contributed by atoms with Gasteiger partial charge in [0, 0.05) is 17.7 Å². The second kappa shape index (κ2) is 9.80. The number of hydrogen-bond donors (Lipinski definition) is 3. The average Bonchev–Trinajstić information content (AvgIpc) is 2.79. The summed E-state index contributed by atoms with van der Waals surface area (Å²) >= 11 is 0. The van der Waals surface area contributed by atoms with E-state index in [2.05, 4.69) is 16.1 Å². The van der Waals surface area contributed by atoms with Crippen LogP contribution in [0.2, 0.25) is 0 Å². The highest BCUT2D eigenvalue weighted by Crippen LogP contribution is 2.23. The number of carbonyl (C=O) groups excluding carboxylic acids is 2. The molecule has 3 aromatic rings. The van der Waals surface area contributed by atoms with E-state index >= 15 is 0 Å². The Bertz CT molecular complexity index is 1120. The summed E-state index contributed by atoms with van der Waals surface area (Å²) in [5, 5.41) is 3.01. The minimum absolute atomic E-state index is 0.0633. The van der Waals surface area contributed by atoms with Gasteiger partial charge in [-0.05, 0) is 28.8 Å². The topological polar surface area (TPSA) is 109 Å². The number of benzene rings is 3. The summed E-state index contributed by atoms with van der Waals surface area (Å²) in [6.07, 6.45) is 0. The van der Waals surface area contributed by atoms with E-state index in [-0.39, 0.29) is 28.8 Å². The number of halogens is 1. The van der Waals surface area contributed by atoms with Gasteiger partial charge in [0.05, 0.1) is 7.11 Å². The molecule has 31 heavy (non-hydrogen) atoms. The van der Waals surface area contributed by atoms with E-state index < -0.39 is 0 Å². The van der Waals surface area contributed by atoms with Crippen LogP contribution in [0.25, 0.3) is 11.1 Å². The molecule has 0 bridgehead atoms. The summed E-state index contributed by atoms with van der Waals surface area (Å²) < 4.78 is 13.1. The minimum Gasteiger partial charge on any atom is -0.394 e. The van der Waals surface area contributed by atoms with E-state index in [1.54, 1.807) is 36.4 Å². The third-order valence-electron chi connectivity index (χ3n) is 4.76. The van der Waals surface area contributed by atoms with E-state index in [1.807, 2.05) is 24.3 Å². The van der Waals surface area contributed by atoms with E-state index in [9.17, 15) is 14.0 Å². The minimum atomic E-state index is -0.343. The lowest BCUT2D eigenvalue weighted by molar-refractivity contribution is -0.679. The number of fused-ring (bicyclic) bond motifs is 1. The zero-order chi connectivity index (χ0) is 22.4. The fraction of sp³-hybridized carbons (Fsp3) is 0.0833. The van der Waals surface area contributed by atoms with Crippen molar-refractivity contribution < 1.29 is 24.7 Å². The second-order valence-electron chi connectivity index (χ2n) is 6.84. The van der Waals surface area contributed by atoms with Crippen LogP contribution in [0.15, 0.2) is 84.2 Å². The van der Waals surface area contributed by atoms with Crippen molar-refractivity contribution in [1.29, 1.82) is 0 Å². The maximum absolute atomic E-state index is 13.1. The predicted octanol–water partition coefficient (Wildman–Crippen LogP) is 2.62. The largest absolute Gasteiger partial charge is 0.394 e. The Labute approximate surface area is 179 Å². The van der Waals surface area contributed by atoms with Gasteiger partial charge in [-0.15, -0.1) is 0 Å². The number of hydrogen-bond acceptors (Lipinski definition) is 5. The molecule has 0 atom stereocenters. The van der Waals surface area contributed by atoms with Crippen LogP contribution >= 0.6 is 0 Å². The number of allylic oxidation sites excluding steroid dienone is 2. The molecule has 6 N–H and O–H groups in total. The van der Waals surface area contributed by atoms with E-state index in [1.165, 1.54) is 19.2 Å². The highest BCUT2D eigenvalue weighted by molar-refractivity contribution is 6.26. The molecule has 0 saturated heterocycles. The Morgan fingerprint density at radius 1 is 0.871 bits per heavy atom. The standard InChI is InChI=1S/C23H17FN2O2.CH6NO/c24-17-11-9-16(10-12-17)15-7-5-14(6-8-15)13-26-21-20(25)22(27)18-3-1-2-4-19(18)23(21)28;1-3-2/h1-12,26H,13,25H2;1-2H3/q;+1. The number of ketones is 2. The van der Waals surface area contributed by atoms with Crippen LogP contribution in [-0.4, -0.2) is 18.7 Å². The number of Topliss-reactive ketones (excluding diaryl/α,β-unsaturated/α-hetero) is 2. The Morgan fingerprint density at radius 3 is 1.90 bits per heavy atom. The molecule has 0 amide bonds. The first kappa shape index (κ1) is 21.9. The van der Waals surface area contributed by atoms with Crippen LogP contribution in [0.4, 0.5) is 4.39 Å². The molecular formula is C24H23FN3O3+. The Kier molecular flexibility index (Phi) is 6.92. The van der Waals surface area contributed by atoms with Crippen molar-refractivity contribution in [3.8, 4) is 11.1 Å². The normalized spacial score (nSPS) is 12.7. The zero-order valence-electron chi connectivity index (χ0n) is 17.0. The molecule has 6 nitrogen and oxygen atoms in total. The Hall–Kier alpha value is -3.81. The van der Waals surface area contributed by atoms with Gasteiger partial charge in [0.1, 0.15) is 17.2 Å². The average molecular weight is 420 g/mol. The van der Waals surface area contributed by atoms with E-state index in [4.69, 9.17) is 5.73 Å². The lowest BCUT2D eigenvalue weighted by atomic mass is 9.90. The maximum atomic E-state index is 13.1. The van der Waals surface area contributed by atoms with Gasteiger partial charge in [-0.2, -0.15) is 0 Å². The molecule has 1 aliphatic rings. The number of nitrogens with two attached hydrogens (primary N) is 1. The highest BCUT2D eigenvalue weighted by atomic mass is 19.1. The molecule has 0 saturated carbocycles. The highest BCUT2D eigenvalue weighted by Gasteiger charge is 2.30. The quantitative estimate of drug-likeness (QED) is 0.562. The maximum Gasteiger partial charge on any atom is 0.211 e. The molecule has 0 fully saturated rings.